The Bertz CT molecular complexity index is 768. The summed E-state index contributed by atoms with van der Waals surface area (Å²) >= 11 is 0. The quantitative estimate of drug-likeness (QED) is 0.708. The first-order valence-electron chi connectivity index (χ1n) is 6.21. The van der Waals surface area contributed by atoms with E-state index in [2.05, 4.69) is 20.4 Å². The van der Waals surface area contributed by atoms with Gasteiger partial charge in [0.2, 0.25) is 0 Å². The molecule has 0 spiro atoms. The first kappa shape index (κ1) is 12.8. The summed E-state index contributed by atoms with van der Waals surface area (Å²) in [6.45, 7) is 0. The molecule has 104 valence electrons. The van der Waals surface area contributed by atoms with Crippen LogP contribution in [0.5, 0.6) is 0 Å². The first-order chi connectivity index (χ1) is 10.2. The third-order valence-electron chi connectivity index (χ3n) is 2.82. The predicted octanol–water partition coefficient (Wildman–Crippen LogP) is 1.50. The van der Waals surface area contributed by atoms with Gasteiger partial charge in [0.15, 0.2) is 5.69 Å². The number of carbonyl (C=O) groups is 1. The van der Waals surface area contributed by atoms with Crippen molar-refractivity contribution in [2.75, 3.05) is 11.1 Å². The number of nitrogens with two attached hydrogens (primary N) is 1. The molecule has 0 aliphatic rings. The SMILES string of the molecule is Nc1ccccc1-n1ccc(C(=O)Nc2cncnc2)n1. The van der Waals surface area contributed by atoms with E-state index >= 15 is 0 Å². The van der Waals surface area contributed by atoms with E-state index in [1.54, 1.807) is 23.0 Å². The second kappa shape index (κ2) is 5.41. The van der Waals surface area contributed by atoms with Gasteiger partial charge in [0.25, 0.3) is 5.91 Å². The van der Waals surface area contributed by atoms with Gasteiger partial charge in [0, 0.05) is 6.20 Å². The highest BCUT2D eigenvalue weighted by molar-refractivity contribution is 6.02. The van der Waals surface area contributed by atoms with Crippen molar-refractivity contribution in [3.63, 3.8) is 0 Å². The molecule has 3 aromatic rings. The van der Waals surface area contributed by atoms with Crippen molar-refractivity contribution in [2.45, 2.75) is 0 Å². The average Bonchev–Trinajstić information content (AvgIpc) is 2.98. The summed E-state index contributed by atoms with van der Waals surface area (Å²) in [6.07, 6.45) is 6.10. The number of nitrogens with zero attached hydrogens (tertiary/aromatic N) is 4. The lowest BCUT2D eigenvalue weighted by atomic mass is 10.3. The molecular weight excluding hydrogens is 268 g/mol. The monoisotopic (exact) mass is 280 g/mol. The number of aromatic nitrogens is 4. The number of amides is 1. The van der Waals surface area contributed by atoms with Gasteiger partial charge in [0.1, 0.15) is 6.33 Å². The molecule has 0 fully saturated rings. The fraction of sp³-hybridized carbons (Fsp3) is 0. The van der Waals surface area contributed by atoms with Crippen LogP contribution in [-0.4, -0.2) is 25.7 Å². The van der Waals surface area contributed by atoms with Crippen LogP contribution >= 0.6 is 0 Å². The normalized spacial score (nSPS) is 10.3. The molecular formula is C14H12N6O. The van der Waals surface area contributed by atoms with Gasteiger partial charge in [-0.15, -0.1) is 0 Å². The van der Waals surface area contributed by atoms with Crippen LogP contribution in [0.3, 0.4) is 0 Å². The Hall–Kier alpha value is -3.22. The number of anilines is 2. The lowest BCUT2D eigenvalue weighted by Gasteiger charge is -2.04. The van der Waals surface area contributed by atoms with Gasteiger partial charge >= 0.3 is 0 Å². The molecule has 3 rings (SSSR count). The van der Waals surface area contributed by atoms with Crippen molar-refractivity contribution in [2.24, 2.45) is 0 Å². The number of benzene rings is 1. The van der Waals surface area contributed by atoms with Crippen LogP contribution in [0.2, 0.25) is 0 Å². The van der Waals surface area contributed by atoms with E-state index in [0.29, 0.717) is 11.4 Å². The van der Waals surface area contributed by atoms with Crippen LogP contribution in [0.15, 0.2) is 55.2 Å². The average molecular weight is 280 g/mol. The van der Waals surface area contributed by atoms with E-state index in [9.17, 15) is 4.79 Å². The first-order valence-corrected chi connectivity index (χ1v) is 6.21. The van der Waals surface area contributed by atoms with Crippen molar-refractivity contribution in [3.8, 4) is 5.69 Å². The zero-order chi connectivity index (χ0) is 14.7. The van der Waals surface area contributed by atoms with Crippen LogP contribution in [0.4, 0.5) is 11.4 Å². The highest BCUT2D eigenvalue weighted by atomic mass is 16.1. The third-order valence-corrected chi connectivity index (χ3v) is 2.82. The fourth-order valence-corrected chi connectivity index (χ4v) is 1.83. The van der Waals surface area contributed by atoms with Crippen molar-refractivity contribution in [3.05, 3.63) is 60.9 Å². The minimum atomic E-state index is -0.335. The predicted molar refractivity (Wildman–Crippen MR) is 78.0 cm³/mol. The maximum absolute atomic E-state index is 12.1. The van der Waals surface area contributed by atoms with Crippen LogP contribution < -0.4 is 11.1 Å². The van der Waals surface area contributed by atoms with Gasteiger partial charge < -0.3 is 11.1 Å². The van der Waals surface area contributed by atoms with E-state index in [-0.39, 0.29) is 11.6 Å². The van der Waals surface area contributed by atoms with E-state index < -0.39 is 0 Å². The van der Waals surface area contributed by atoms with Gasteiger partial charge in [0.05, 0.1) is 29.5 Å². The van der Waals surface area contributed by atoms with Crippen molar-refractivity contribution >= 4 is 17.3 Å². The summed E-state index contributed by atoms with van der Waals surface area (Å²) < 4.78 is 1.56. The standard InChI is InChI=1S/C14H12N6O/c15-11-3-1-2-4-13(11)20-6-5-12(19-20)14(21)18-10-7-16-9-17-8-10/h1-9H,15H2,(H,18,21). The summed E-state index contributed by atoms with van der Waals surface area (Å²) in [6, 6.07) is 8.92. The molecule has 2 heterocycles. The Morgan fingerprint density at radius 3 is 2.67 bits per heavy atom. The Kier molecular flexibility index (Phi) is 3.30. The molecule has 0 aliphatic heterocycles. The van der Waals surface area contributed by atoms with Gasteiger partial charge in [-0.25, -0.2) is 14.6 Å². The van der Waals surface area contributed by atoms with E-state index in [4.69, 9.17) is 5.73 Å². The molecule has 1 aromatic carbocycles. The number of nitrogen functional groups attached to an aromatic ring is 1. The molecule has 3 N–H and O–H groups in total. The summed E-state index contributed by atoms with van der Waals surface area (Å²) in [7, 11) is 0. The Morgan fingerprint density at radius 1 is 1.14 bits per heavy atom. The number of carbonyl (C=O) groups excluding carboxylic acids is 1. The molecule has 0 saturated heterocycles. The smallest absolute Gasteiger partial charge is 0.276 e. The van der Waals surface area contributed by atoms with E-state index in [1.807, 2.05) is 18.2 Å². The van der Waals surface area contributed by atoms with Crippen LogP contribution in [0.25, 0.3) is 5.69 Å². The molecule has 0 unspecified atom stereocenters. The zero-order valence-electron chi connectivity index (χ0n) is 11.0. The summed E-state index contributed by atoms with van der Waals surface area (Å²) in [5.41, 5.74) is 7.98. The molecule has 7 heteroatoms. The maximum atomic E-state index is 12.1. The summed E-state index contributed by atoms with van der Waals surface area (Å²) in [4.78, 5) is 19.7. The highest BCUT2D eigenvalue weighted by Gasteiger charge is 2.11. The number of hydrogen-bond donors (Lipinski definition) is 2. The van der Waals surface area contributed by atoms with Gasteiger partial charge in [-0.05, 0) is 18.2 Å². The second-order valence-electron chi connectivity index (χ2n) is 4.29. The highest BCUT2D eigenvalue weighted by Crippen LogP contribution is 2.16. The lowest BCUT2D eigenvalue weighted by Crippen LogP contribution is -2.13. The Morgan fingerprint density at radius 2 is 1.90 bits per heavy atom. The summed E-state index contributed by atoms with van der Waals surface area (Å²) in [5.74, 6) is -0.335. The lowest BCUT2D eigenvalue weighted by molar-refractivity contribution is 0.102. The molecule has 0 aliphatic carbocycles. The van der Waals surface area contributed by atoms with Gasteiger partial charge in [-0.2, -0.15) is 5.10 Å². The number of para-hydroxylation sites is 2. The molecule has 0 bridgehead atoms. The summed E-state index contributed by atoms with van der Waals surface area (Å²) in [5, 5.41) is 6.89. The van der Waals surface area contributed by atoms with Gasteiger partial charge in [-0.1, -0.05) is 12.1 Å². The third kappa shape index (κ3) is 2.71. The van der Waals surface area contributed by atoms with Crippen molar-refractivity contribution in [1.82, 2.24) is 19.7 Å². The van der Waals surface area contributed by atoms with Crippen LogP contribution in [0, 0.1) is 0 Å². The largest absolute Gasteiger partial charge is 0.397 e. The van der Waals surface area contributed by atoms with E-state index in [0.717, 1.165) is 5.69 Å². The molecule has 0 radical (unpaired) electrons. The minimum absolute atomic E-state index is 0.280. The Balaban J connectivity index is 1.82. The second-order valence-corrected chi connectivity index (χ2v) is 4.29. The molecule has 1 amide bonds. The van der Waals surface area contributed by atoms with Crippen LogP contribution in [0.1, 0.15) is 10.5 Å². The van der Waals surface area contributed by atoms with Crippen molar-refractivity contribution in [1.29, 1.82) is 0 Å². The fourth-order valence-electron chi connectivity index (χ4n) is 1.83. The molecule has 21 heavy (non-hydrogen) atoms. The maximum Gasteiger partial charge on any atom is 0.276 e. The zero-order valence-corrected chi connectivity index (χ0v) is 11.0. The number of hydrogen-bond acceptors (Lipinski definition) is 5. The van der Waals surface area contributed by atoms with Crippen LogP contribution in [-0.2, 0) is 0 Å². The minimum Gasteiger partial charge on any atom is -0.397 e. The molecule has 2 aromatic heterocycles. The molecule has 0 saturated carbocycles. The van der Waals surface area contributed by atoms with Crippen molar-refractivity contribution < 1.29 is 4.79 Å². The number of rotatable bonds is 3. The topological polar surface area (TPSA) is 98.7 Å². The van der Waals surface area contributed by atoms with E-state index in [1.165, 1.54) is 18.7 Å². The van der Waals surface area contributed by atoms with Gasteiger partial charge in [-0.3, -0.25) is 4.79 Å². The Labute approximate surface area is 120 Å². The molecule has 7 nitrogen and oxygen atoms in total. The number of nitrogens with one attached hydrogen (secondary N) is 1. The molecule has 0 atom stereocenters.